The van der Waals surface area contributed by atoms with E-state index in [4.69, 9.17) is 5.11 Å². The smallest absolute Gasteiger partial charge is 0.306 e. The number of amides is 1. The molecule has 2 rings (SSSR count). The van der Waals surface area contributed by atoms with E-state index < -0.39 is 5.97 Å². The van der Waals surface area contributed by atoms with Gasteiger partial charge in [0.05, 0.1) is 11.5 Å². The Morgan fingerprint density at radius 1 is 1.26 bits per heavy atom. The molecule has 0 aliphatic heterocycles. The number of carbonyl (C=O) groups excluding carboxylic acids is 1. The number of carbonyl (C=O) groups is 2. The Labute approximate surface area is 111 Å². The minimum absolute atomic E-state index is 0.0210. The van der Waals surface area contributed by atoms with Gasteiger partial charge < -0.3 is 15.5 Å². The van der Waals surface area contributed by atoms with E-state index in [1.54, 1.807) is 12.1 Å². The van der Waals surface area contributed by atoms with Gasteiger partial charge in [0, 0.05) is 6.54 Å². The van der Waals surface area contributed by atoms with E-state index >= 15 is 0 Å². The van der Waals surface area contributed by atoms with Crippen molar-refractivity contribution in [1.82, 2.24) is 5.32 Å². The first-order valence-corrected chi connectivity index (χ1v) is 6.38. The van der Waals surface area contributed by atoms with Crippen molar-refractivity contribution in [2.75, 3.05) is 6.54 Å². The van der Waals surface area contributed by atoms with Gasteiger partial charge in [0.1, 0.15) is 5.75 Å². The molecule has 2 unspecified atom stereocenters. The topological polar surface area (TPSA) is 86.6 Å². The summed E-state index contributed by atoms with van der Waals surface area (Å²) >= 11 is 0. The largest absolute Gasteiger partial charge is 0.507 e. The Balaban J connectivity index is 1.94. The van der Waals surface area contributed by atoms with Crippen molar-refractivity contribution >= 4 is 11.9 Å². The van der Waals surface area contributed by atoms with Crippen molar-refractivity contribution in [3.05, 3.63) is 29.8 Å². The van der Waals surface area contributed by atoms with Crippen LogP contribution >= 0.6 is 0 Å². The van der Waals surface area contributed by atoms with Crippen LogP contribution in [0.5, 0.6) is 5.75 Å². The molecule has 1 amide bonds. The average Bonchev–Trinajstić information content (AvgIpc) is 2.85. The number of carboxylic acids is 1. The molecule has 0 bridgehead atoms. The lowest BCUT2D eigenvalue weighted by molar-refractivity contribution is -0.142. The van der Waals surface area contributed by atoms with Crippen molar-refractivity contribution in [2.24, 2.45) is 11.8 Å². The van der Waals surface area contributed by atoms with Gasteiger partial charge in [0.25, 0.3) is 5.91 Å². The van der Waals surface area contributed by atoms with E-state index in [-0.39, 0.29) is 29.1 Å². The molecule has 1 aliphatic carbocycles. The number of para-hydroxylation sites is 1. The molecule has 102 valence electrons. The number of hydrogen-bond donors (Lipinski definition) is 3. The normalized spacial score (nSPS) is 22.1. The van der Waals surface area contributed by atoms with Crippen LogP contribution in [0.25, 0.3) is 0 Å². The Bertz CT molecular complexity index is 486. The van der Waals surface area contributed by atoms with Crippen molar-refractivity contribution in [3.63, 3.8) is 0 Å². The summed E-state index contributed by atoms with van der Waals surface area (Å²) in [5.41, 5.74) is 0.215. The summed E-state index contributed by atoms with van der Waals surface area (Å²) in [6.07, 6.45) is 2.37. The number of aliphatic carboxylic acids is 1. The van der Waals surface area contributed by atoms with Crippen LogP contribution in [-0.2, 0) is 4.79 Å². The van der Waals surface area contributed by atoms with Crippen molar-refractivity contribution in [2.45, 2.75) is 19.3 Å². The Morgan fingerprint density at radius 3 is 2.68 bits per heavy atom. The number of aromatic hydroxyl groups is 1. The lowest BCUT2D eigenvalue weighted by Crippen LogP contribution is -2.33. The van der Waals surface area contributed by atoms with E-state index in [9.17, 15) is 14.7 Å². The predicted octanol–water partition coefficient (Wildman–Crippen LogP) is 1.62. The van der Waals surface area contributed by atoms with E-state index in [2.05, 4.69) is 5.32 Å². The first-order valence-electron chi connectivity index (χ1n) is 6.38. The number of hydrogen-bond acceptors (Lipinski definition) is 3. The van der Waals surface area contributed by atoms with Crippen LogP contribution in [0.3, 0.4) is 0 Å². The molecule has 1 aromatic rings. The summed E-state index contributed by atoms with van der Waals surface area (Å²) in [5, 5.41) is 21.3. The van der Waals surface area contributed by atoms with E-state index in [1.807, 2.05) is 0 Å². The van der Waals surface area contributed by atoms with Crippen LogP contribution in [0.2, 0.25) is 0 Å². The first kappa shape index (κ1) is 13.4. The number of phenols is 1. The third-order valence-electron chi connectivity index (χ3n) is 3.65. The van der Waals surface area contributed by atoms with Gasteiger partial charge in [0.15, 0.2) is 0 Å². The highest BCUT2D eigenvalue weighted by atomic mass is 16.4. The van der Waals surface area contributed by atoms with Crippen LogP contribution in [0.1, 0.15) is 29.6 Å². The Morgan fingerprint density at radius 2 is 2.00 bits per heavy atom. The molecular weight excluding hydrogens is 246 g/mol. The lowest BCUT2D eigenvalue weighted by Gasteiger charge is -2.16. The fourth-order valence-corrected chi connectivity index (χ4v) is 2.59. The van der Waals surface area contributed by atoms with E-state index in [0.29, 0.717) is 13.0 Å². The SMILES string of the molecule is O=C(NCC1CCCC1C(=O)O)c1ccccc1O. The monoisotopic (exact) mass is 263 g/mol. The van der Waals surface area contributed by atoms with Crippen molar-refractivity contribution in [1.29, 1.82) is 0 Å². The van der Waals surface area contributed by atoms with Gasteiger partial charge in [0.2, 0.25) is 0 Å². The number of rotatable bonds is 4. The molecule has 2 atom stereocenters. The maximum atomic E-state index is 11.9. The maximum Gasteiger partial charge on any atom is 0.306 e. The molecular formula is C14H17NO4. The first-order chi connectivity index (χ1) is 9.09. The molecule has 1 aliphatic rings. The molecule has 1 fully saturated rings. The fourth-order valence-electron chi connectivity index (χ4n) is 2.59. The molecule has 0 aromatic heterocycles. The van der Waals surface area contributed by atoms with Crippen LogP contribution in [0, 0.1) is 11.8 Å². The zero-order valence-electron chi connectivity index (χ0n) is 10.5. The minimum Gasteiger partial charge on any atom is -0.507 e. The van der Waals surface area contributed by atoms with Gasteiger partial charge in [-0.25, -0.2) is 0 Å². The number of benzene rings is 1. The van der Waals surface area contributed by atoms with Gasteiger partial charge >= 0.3 is 5.97 Å². The number of carboxylic acid groups (broad SMARTS) is 1. The van der Waals surface area contributed by atoms with Gasteiger partial charge in [-0.3, -0.25) is 9.59 Å². The van der Waals surface area contributed by atoms with Crippen LogP contribution < -0.4 is 5.32 Å². The molecule has 0 saturated heterocycles. The predicted molar refractivity (Wildman–Crippen MR) is 68.9 cm³/mol. The second kappa shape index (κ2) is 5.73. The number of phenolic OH excluding ortho intramolecular Hbond substituents is 1. The molecule has 0 radical (unpaired) electrons. The zero-order valence-corrected chi connectivity index (χ0v) is 10.5. The summed E-state index contributed by atoms with van der Waals surface area (Å²) in [5.74, 6) is -1.62. The highest BCUT2D eigenvalue weighted by Gasteiger charge is 2.32. The van der Waals surface area contributed by atoms with Crippen molar-refractivity contribution in [3.8, 4) is 5.75 Å². The third-order valence-corrected chi connectivity index (χ3v) is 3.65. The van der Waals surface area contributed by atoms with Crippen LogP contribution in [0.15, 0.2) is 24.3 Å². The quantitative estimate of drug-likeness (QED) is 0.770. The molecule has 19 heavy (non-hydrogen) atoms. The van der Waals surface area contributed by atoms with Gasteiger partial charge in [-0.05, 0) is 30.9 Å². The van der Waals surface area contributed by atoms with Crippen molar-refractivity contribution < 1.29 is 19.8 Å². The highest BCUT2D eigenvalue weighted by molar-refractivity contribution is 5.96. The van der Waals surface area contributed by atoms with Gasteiger partial charge in [-0.1, -0.05) is 18.6 Å². The summed E-state index contributed by atoms with van der Waals surface area (Å²) in [4.78, 5) is 22.9. The zero-order chi connectivity index (χ0) is 13.8. The molecule has 0 spiro atoms. The maximum absolute atomic E-state index is 11.9. The molecule has 0 heterocycles. The summed E-state index contributed by atoms with van der Waals surface area (Å²) in [6.45, 7) is 0.337. The second-order valence-electron chi connectivity index (χ2n) is 4.86. The second-order valence-corrected chi connectivity index (χ2v) is 4.86. The van der Waals surface area contributed by atoms with Gasteiger partial charge in [-0.15, -0.1) is 0 Å². The lowest BCUT2D eigenvalue weighted by atomic mass is 9.96. The summed E-state index contributed by atoms with van der Waals surface area (Å²) in [7, 11) is 0. The molecule has 5 nitrogen and oxygen atoms in total. The van der Waals surface area contributed by atoms with Crippen LogP contribution in [0.4, 0.5) is 0 Å². The summed E-state index contributed by atoms with van der Waals surface area (Å²) in [6, 6.07) is 6.30. The molecule has 5 heteroatoms. The fraction of sp³-hybridized carbons (Fsp3) is 0.429. The average molecular weight is 263 g/mol. The number of nitrogens with one attached hydrogen (secondary N) is 1. The molecule has 1 saturated carbocycles. The minimum atomic E-state index is -0.792. The van der Waals surface area contributed by atoms with Crippen LogP contribution in [-0.4, -0.2) is 28.6 Å². The Hall–Kier alpha value is -2.04. The van der Waals surface area contributed by atoms with E-state index in [1.165, 1.54) is 12.1 Å². The summed E-state index contributed by atoms with van der Waals surface area (Å²) < 4.78 is 0. The van der Waals surface area contributed by atoms with Gasteiger partial charge in [-0.2, -0.15) is 0 Å². The highest BCUT2D eigenvalue weighted by Crippen LogP contribution is 2.31. The molecule has 3 N–H and O–H groups in total. The molecule has 1 aromatic carbocycles. The Kier molecular flexibility index (Phi) is 4.04. The third kappa shape index (κ3) is 3.05. The standard InChI is InChI=1S/C14H17NO4/c16-12-7-2-1-5-11(12)13(17)15-8-9-4-3-6-10(9)14(18)19/h1-2,5,7,9-10,16H,3-4,6,8H2,(H,15,17)(H,18,19). The van der Waals surface area contributed by atoms with E-state index in [0.717, 1.165) is 12.8 Å².